The van der Waals surface area contributed by atoms with Gasteiger partial charge in [0.25, 0.3) is 0 Å². The van der Waals surface area contributed by atoms with E-state index in [4.69, 9.17) is 9.84 Å². The summed E-state index contributed by atoms with van der Waals surface area (Å²) >= 11 is 3.26. The Morgan fingerprint density at radius 1 is 1.48 bits per heavy atom. The van der Waals surface area contributed by atoms with Gasteiger partial charge >= 0.3 is 12.0 Å². The van der Waals surface area contributed by atoms with Crippen LogP contribution in [0, 0.1) is 0 Å². The minimum absolute atomic E-state index is 0.0113. The molecule has 1 aromatic carbocycles. The molecule has 3 N–H and O–H groups in total. The van der Waals surface area contributed by atoms with Crippen molar-refractivity contribution >= 4 is 33.6 Å². The van der Waals surface area contributed by atoms with E-state index < -0.39 is 12.0 Å². The van der Waals surface area contributed by atoms with Crippen LogP contribution in [0.3, 0.4) is 0 Å². The second kappa shape index (κ2) is 6.91. The molecule has 1 fully saturated rings. The summed E-state index contributed by atoms with van der Waals surface area (Å²) in [6, 6.07) is 4.03. The van der Waals surface area contributed by atoms with Crippen molar-refractivity contribution in [2.45, 2.75) is 31.9 Å². The molecule has 0 bridgehead atoms. The van der Waals surface area contributed by atoms with Crippen molar-refractivity contribution in [1.82, 2.24) is 5.32 Å². The average molecular weight is 357 g/mol. The van der Waals surface area contributed by atoms with Crippen LogP contribution in [0.2, 0.25) is 0 Å². The maximum Gasteiger partial charge on any atom is 0.337 e. The van der Waals surface area contributed by atoms with Crippen LogP contribution >= 0.6 is 15.9 Å². The third-order valence-corrected chi connectivity index (χ3v) is 3.83. The summed E-state index contributed by atoms with van der Waals surface area (Å²) in [6.07, 6.45) is 1.92. The summed E-state index contributed by atoms with van der Waals surface area (Å²) in [5.41, 5.74) is 0.284. The minimum atomic E-state index is -1.09. The van der Waals surface area contributed by atoms with E-state index in [9.17, 15) is 9.59 Å². The number of carbonyl (C=O) groups is 2. The Morgan fingerprint density at radius 3 is 2.86 bits per heavy atom. The maximum atomic E-state index is 12.0. The van der Waals surface area contributed by atoms with Gasteiger partial charge in [0, 0.05) is 11.1 Å². The van der Waals surface area contributed by atoms with Crippen molar-refractivity contribution in [2.75, 3.05) is 11.9 Å². The molecule has 7 heteroatoms. The van der Waals surface area contributed by atoms with Gasteiger partial charge in [-0.05, 0) is 38.0 Å². The van der Waals surface area contributed by atoms with Gasteiger partial charge in [0.05, 0.1) is 23.4 Å². The molecule has 2 rings (SSSR count). The van der Waals surface area contributed by atoms with E-state index in [0.717, 1.165) is 12.8 Å². The molecule has 1 saturated heterocycles. The summed E-state index contributed by atoms with van der Waals surface area (Å²) in [5, 5.41) is 14.5. The number of hydrogen-bond donors (Lipinski definition) is 3. The highest BCUT2D eigenvalue weighted by atomic mass is 79.9. The van der Waals surface area contributed by atoms with Crippen LogP contribution in [0.1, 0.15) is 30.1 Å². The lowest BCUT2D eigenvalue weighted by molar-refractivity contribution is 0.0698. The van der Waals surface area contributed by atoms with Crippen molar-refractivity contribution in [3.05, 3.63) is 28.2 Å². The van der Waals surface area contributed by atoms with E-state index >= 15 is 0 Å². The Bertz CT molecular complexity index is 544. The second-order valence-electron chi connectivity index (χ2n) is 4.93. The van der Waals surface area contributed by atoms with E-state index in [1.54, 1.807) is 12.1 Å². The predicted octanol–water partition coefficient (Wildman–Crippen LogP) is 2.84. The molecule has 114 valence electrons. The normalized spacial score (nSPS) is 19.0. The molecule has 1 heterocycles. The van der Waals surface area contributed by atoms with Crippen LogP contribution in [-0.2, 0) is 4.74 Å². The van der Waals surface area contributed by atoms with Gasteiger partial charge in [-0.25, -0.2) is 9.59 Å². The van der Waals surface area contributed by atoms with Crippen LogP contribution in [0.15, 0.2) is 22.7 Å². The Labute approximate surface area is 131 Å². The zero-order valence-electron chi connectivity index (χ0n) is 11.6. The van der Waals surface area contributed by atoms with Crippen LogP contribution < -0.4 is 10.6 Å². The van der Waals surface area contributed by atoms with Crippen molar-refractivity contribution in [3.8, 4) is 0 Å². The van der Waals surface area contributed by atoms with Crippen molar-refractivity contribution < 1.29 is 19.4 Å². The second-order valence-corrected chi connectivity index (χ2v) is 5.85. The molecule has 0 radical (unpaired) electrons. The van der Waals surface area contributed by atoms with Gasteiger partial charge in [0.2, 0.25) is 0 Å². The van der Waals surface area contributed by atoms with Gasteiger partial charge in [-0.1, -0.05) is 15.9 Å². The van der Waals surface area contributed by atoms with Crippen molar-refractivity contribution in [1.29, 1.82) is 0 Å². The number of halogens is 1. The predicted molar refractivity (Wildman–Crippen MR) is 81.7 cm³/mol. The summed E-state index contributed by atoms with van der Waals surface area (Å²) in [4.78, 5) is 23.1. The molecule has 0 spiro atoms. The van der Waals surface area contributed by atoms with Crippen LogP contribution in [0.5, 0.6) is 0 Å². The van der Waals surface area contributed by atoms with Crippen LogP contribution in [0.25, 0.3) is 0 Å². The summed E-state index contributed by atoms with van der Waals surface area (Å²) in [7, 11) is 0. The molecule has 2 unspecified atom stereocenters. The largest absolute Gasteiger partial charge is 0.478 e. The summed E-state index contributed by atoms with van der Waals surface area (Å²) < 4.78 is 6.19. The molecular formula is C14H17BrN2O4. The quantitative estimate of drug-likeness (QED) is 0.773. The van der Waals surface area contributed by atoms with E-state index in [2.05, 4.69) is 26.6 Å². The molecule has 21 heavy (non-hydrogen) atoms. The third kappa shape index (κ3) is 4.18. The summed E-state index contributed by atoms with van der Waals surface area (Å²) in [5.74, 6) is -1.09. The topological polar surface area (TPSA) is 87.7 Å². The number of urea groups is 1. The lowest BCUT2D eigenvalue weighted by Gasteiger charge is -2.20. The number of hydrogen-bond acceptors (Lipinski definition) is 3. The highest BCUT2D eigenvalue weighted by Crippen LogP contribution is 2.22. The van der Waals surface area contributed by atoms with E-state index in [-0.39, 0.29) is 23.4 Å². The van der Waals surface area contributed by atoms with Gasteiger partial charge in [-0.2, -0.15) is 0 Å². The lowest BCUT2D eigenvalue weighted by atomic mass is 10.1. The number of nitrogens with one attached hydrogen (secondary N) is 2. The van der Waals surface area contributed by atoms with Gasteiger partial charge in [-0.15, -0.1) is 0 Å². The average Bonchev–Trinajstić information content (AvgIpc) is 2.91. The molecule has 2 amide bonds. The Kier molecular flexibility index (Phi) is 5.19. The number of benzene rings is 1. The molecule has 0 aliphatic carbocycles. The van der Waals surface area contributed by atoms with E-state index in [1.165, 1.54) is 6.07 Å². The number of ether oxygens (including phenoxy) is 1. The highest BCUT2D eigenvalue weighted by molar-refractivity contribution is 9.10. The van der Waals surface area contributed by atoms with E-state index in [0.29, 0.717) is 11.1 Å². The minimum Gasteiger partial charge on any atom is -0.478 e. The first-order chi connectivity index (χ1) is 9.97. The van der Waals surface area contributed by atoms with Crippen LogP contribution in [0.4, 0.5) is 10.5 Å². The number of rotatable bonds is 4. The first-order valence-electron chi connectivity index (χ1n) is 6.69. The number of amides is 2. The first kappa shape index (κ1) is 15.8. The number of carboxylic acid groups (broad SMARTS) is 1. The van der Waals surface area contributed by atoms with Gasteiger partial charge in [0.15, 0.2) is 0 Å². The molecular weight excluding hydrogens is 340 g/mol. The molecule has 2 atom stereocenters. The standard InChI is InChI=1S/C14H17BrN2O4/c1-8(12-3-2-6-21-12)16-14(20)17-11-7-9(15)4-5-10(11)13(18)19/h4-5,7-8,12H,2-3,6H2,1H3,(H,18,19)(H2,16,17,20). The number of anilines is 1. The molecule has 1 aliphatic heterocycles. The smallest absolute Gasteiger partial charge is 0.337 e. The molecule has 1 aromatic rings. The van der Waals surface area contributed by atoms with Crippen molar-refractivity contribution in [3.63, 3.8) is 0 Å². The Morgan fingerprint density at radius 2 is 2.24 bits per heavy atom. The zero-order valence-corrected chi connectivity index (χ0v) is 13.1. The SMILES string of the molecule is CC(NC(=O)Nc1cc(Br)ccc1C(=O)O)C1CCCO1. The maximum absolute atomic E-state index is 12.0. The van der Waals surface area contributed by atoms with Gasteiger partial charge < -0.3 is 20.5 Å². The lowest BCUT2D eigenvalue weighted by Crippen LogP contribution is -2.43. The fourth-order valence-corrected chi connectivity index (χ4v) is 2.62. The Balaban J connectivity index is 2.02. The molecule has 1 aliphatic rings. The highest BCUT2D eigenvalue weighted by Gasteiger charge is 2.24. The van der Waals surface area contributed by atoms with Crippen molar-refractivity contribution in [2.24, 2.45) is 0 Å². The number of carbonyl (C=O) groups excluding carboxylic acids is 1. The zero-order chi connectivity index (χ0) is 15.4. The van der Waals surface area contributed by atoms with Crippen LogP contribution in [-0.4, -0.2) is 35.9 Å². The fraction of sp³-hybridized carbons (Fsp3) is 0.429. The molecule has 6 nitrogen and oxygen atoms in total. The monoisotopic (exact) mass is 356 g/mol. The first-order valence-corrected chi connectivity index (χ1v) is 7.48. The van der Waals surface area contributed by atoms with Gasteiger partial charge in [0.1, 0.15) is 0 Å². The summed E-state index contributed by atoms with van der Waals surface area (Å²) in [6.45, 7) is 2.59. The molecule has 0 aromatic heterocycles. The number of carboxylic acids is 1. The molecule has 0 saturated carbocycles. The number of aromatic carboxylic acids is 1. The Hall–Kier alpha value is -1.60. The van der Waals surface area contributed by atoms with E-state index in [1.807, 2.05) is 6.92 Å². The third-order valence-electron chi connectivity index (χ3n) is 3.34. The van der Waals surface area contributed by atoms with Gasteiger partial charge in [-0.3, -0.25) is 0 Å². The fourth-order valence-electron chi connectivity index (χ4n) is 2.26.